The Balaban J connectivity index is 1.96. The zero-order valence-electron chi connectivity index (χ0n) is 11.7. The van der Waals surface area contributed by atoms with Crippen LogP contribution in [0.15, 0.2) is 48.7 Å². The van der Waals surface area contributed by atoms with E-state index in [0.717, 1.165) is 11.3 Å². The third-order valence-corrected chi connectivity index (χ3v) is 3.23. The van der Waals surface area contributed by atoms with E-state index >= 15 is 0 Å². The van der Waals surface area contributed by atoms with Gasteiger partial charge in [0.05, 0.1) is 0 Å². The van der Waals surface area contributed by atoms with Crippen molar-refractivity contribution in [3.05, 3.63) is 65.2 Å². The molecule has 3 aromatic rings. The smallest absolute Gasteiger partial charge is 0.181 e. The number of hydrogen-bond acceptors (Lipinski definition) is 4. The third-order valence-electron chi connectivity index (χ3n) is 3.04. The molecule has 1 aromatic carbocycles. The summed E-state index contributed by atoms with van der Waals surface area (Å²) in [6.07, 6.45) is 1.66. The second kappa shape index (κ2) is 6.07. The Morgan fingerprint density at radius 3 is 2.68 bits per heavy atom. The van der Waals surface area contributed by atoms with Gasteiger partial charge in [-0.25, -0.2) is 14.4 Å². The summed E-state index contributed by atoms with van der Waals surface area (Å²) in [6, 6.07) is 11.6. The molecular weight excluding hydrogens is 303 g/mol. The molecule has 110 valence electrons. The second-order valence-corrected chi connectivity index (χ2v) is 5.09. The molecule has 2 heterocycles. The minimum atomic E-state index is -0.280. The summed E-state index contributed by atoms with van der Waals surface area (Å²) in [6.45, 7) is 1.81. The van der Waals surface area contributed by atoms with Gasteiger partial charge in [-0.1, -0.05) is 17.7 Å². The quantitative estimate of drug-likeness (QED) is 0.729. The van der Waals surface area contributed by atoms with Crippen LogP contribution < -0.4 is 5.32 Å². The molecule has 0 fully saturated rings. The summed E-state index contributed by atoms with van der Waals surface area (Å²) in [4.78, 5) is 12.8. The number of benzene rings is 1. The lowest BCUT2D eigenvalue weighted by molar-refractivity contribution is 0.627. The van der Waals surface area contributed by atoms with E-state index < -0.39 is 0 Å². The Labute approximate surface area is 132 Å². The van der Waals surface area contributed by atoms with Crippen molar-refractivity contribution in [1.82, 2.24) is 15.0 Å². The molecule has 0 aliphatic carbocycles. The van der Waals surface area contributed by atoms with Crippen LogP contribution in [0, 0.1) is 12.7 Å². The van der Waals surface area contributed by atoms with Crippen molar-refractivity contribution in [2.45, 2.75) is 6.92 Å². The van der Waals surface area contributed by atoms with Gasteiger partial charge in [0.1, 0.15) is 22.5 Å². The molecule has 22 heavy (non-hydrogen) atoms. The highest BCUT2D eigenvalue weighted by atomic mass is 35.5. The summed E-state index contributed by atoms with van der Waals surface area (Å²) >= 11 is 6.05. The van der Waals surface area contributed by atoms with Crippen LogP contribution in [-0.4, -0.2) is 15.0 Å². The predicted octanol–water partition coefficient (Wildman–Crippen LogP) is 4.38. The molecule has 0 saturated carbocycles. The first-order chi connectivity index (χ1) is 10.6. The maximum absolute atomic E-state index is 13.2. The molecule has 4 nitrogen and oxygen atoms in total. The highest BCUT2D eigenvalue weighted by Gasteiger charge is 2.08. The number of pyridine rings is 1. The Hall–Kier alpha value is -2.53. The zero-order valence-corrected chi connectivity index (χ0v) is 12.5. The molecule has 0 atom stereocenters. The van der Waals surface area contributed by atoms with Crippen molar-refractivity contribution in [3.63, 3.8) is 0 Å². The molecule has 0 bridgehead atoms. The third kappa shape index (κ3) is 3.20. The van der Waals surface area contributed by atoms with E-state index in [9.17, 15) is 4.39 Å². The first-order valence-corrected chi connectivity index (χ1v) is 6.99. The van der Waals surface area contributed by atoms with E-state index in [0.29, 0.717) is 22.5 Å². The van der Waals surface area contributed by atoms with E-state index in [1.807, 2.05) is 19.1 Å². The van der Waals surface area contributed by atoms with Crippen molar-refractivity contribution < 1.29 is 4.39 Å². The van der Waals surface area contributed by atoms with Crippen molar-refractivity contribution in [1.29, 1.82) is 0 Å². The number of nitrogens with zero attached hydrogens (tertiary/aromatic N) is 3. The summed E-state index contributed by atoms with van der Waals surface area (Å²) in [5, 5.41) is 3.42. The van der Waals surface area contributed by atoms with Crippen molar-refractivity contribution in [2.24, 2.45) is 0 Å². The number of hydrogen-bond donors (Lipinski definition) is 1. The summed E-state index contributed by atoms with van der Waals surface area (Å²) in [5.41, 5.74) is 2.15. The molecule has 0 aliphatic heterocycles. The van der Waals surface area contributed by atoms with Gasteiger partial charge in [0, 0.05) is 18.0 Å². The average Bonchev–Trinajstić information content (AvgIpc) is 2.50. The molecular formula is C16H12ClFN4. The molecule has 0 unspecified atom stereocenters. The average molecular weight is 315 g/mol. The van der Waals surface area contributed by atoms with E-state index in [-0.39, 0.29) is 5.82 Å². The van der Waals surface area contributed by atoms with Gasteiger partial charge < -0.3 is 5.32 Å². The maximum atomic E-state index is 13.2. The number of aromatic nitrogens is 3. The molecule has 3 rings (SSSR count). The monoisotopic (exact) mass is 314 g/mol. The Morgan fingerprint density at radius 2 is 1.95 bits per heavy atom. The van der Waals surface area contributed by atoms with Gasteiger partial charge in [-0.15, -0.1) is 0 Å². The lowest BCUT2D eigenvalue weighted by Gasteiger charge is -2.10. The number of nitrogens with one attached hydrogen (secondary N) is 1. The number of rotatable bonds is 3. The number of aryl methyl sites for hydroxylation is 1. The van der Waals surface area contributed by atoms with Crippen LogP contribution in [0.1, 0.15) is 5.56 Å². The minimum Gasteiger partial charge on any atom is -0.340 e. The lowest BCUT2D eigenvalue weighted by Crippen LogP contribution is -2.00. The van der Waals surface area contributed by atoms with Crippen LogP contribution in [-0.2, 0) is 0 Å². The van der Waals surface area contributed by atoms with E-state index in [1.54, 1.807) is 24.4 Å². The second-order valence-electron chi connectivity index (χ2n) is 4.70. The van der Waals surface area contributed by atoms with Crippen LogP contribution in [0.2, 0.25) is 5.15 Å². The number of anilines is 2. The topological polar surface area (TPSA) is 50.7 Å². The van der Waals surface area contributed by atoms with Crippen LogP contribution in [0.4, 0.5) is 15.9 Å². The fourth-order valence-electron chi connectivity index (χ4n) is 2.00. The first kappa shape index (κ1) is 14.4. The largest absolute Gasteiger partial charge is 0.340 e. The van der Waals surface area contributed by atoms with Crippen molar-refractivity contribution in [3.8, 4) is 11.5 Å². The van der Waals surface area contributed by atoms with Crippen LogP contribution in [0.5, 0.6) is 0 Å². The Kier molecular flexibility index (Phi) is 3.98. The van der Waals surface area contributed by atoms with E-state index in [2.05, 4.69) is 20.3 Å². The van der Waals surface area contributed by atoms with Gasteiger partial charge in [0.2, 0.25) is 0 Å². The van der Waals surface area contributed by atoms with Gasteiger partial charge in [-0.2, -0.15) is 0 Å². The van der Waals surface area contributed by atoms with E-state index in [1.165, 1.54) is 12.1 Å². The normalized spacial score (nSPS) is 10.5. The summed E-state index contributed by atoms with van der Waals surface area (Å²) < 4.78 is 13.2. The van der Waals surface area contributed by atoms with Gasteiger partial charge in [-0.05, 0) is 42.8 Å². The fourth-order valence-corrected chi connectivity index (χ4v) is 2.18. The van der Waals surface area contributed by atoms with Crippen molar-refractivity contribution >= 4 is 23.1 Å². The lowest BCUT2D eigenvalue weighted by atomic mass is 10.2. The maximum Gasteiger partial charge on any atom is 0.181 e. The highest BCUT2D eigenvalue weighted by Crippen LogP contribution is 2.23. The Morgan fingerprint density at radius 1 is 1.09 bits per heavy atom. The molecule has 0 radical (unpaired) electrons. The first-order valence-electron chi connectivity index (χ1n) is 6.61. The van der Waals surface area contributed by atoms with Gasteiger partial charge in [0.25, 0.3) is 0 Å². The van der Waals surface area contributed by atoms with Crippen LogP contribution in [0.3, 0.4) is 0 Å². The van der Waals surface area contributed by atoms with Crippen molar-refractivity contribution in [2.75, 3.05) is 5.32 Å². The predicted molar refractivity (Wildman–Crippen MR) is 84.7 cm³/mol. The SMILES string of the molecule is Cc1cc(F)ccc1Nc1cc(Cl)nc(-c2ccccn2)n1. The fraction of sp³-hybridized carbons (Fsp3) is 0.0625. The molecule has 6 heteroatoms. The zero-order chi connectivity index (χ0) is 15.5. The van der Waals surface area contributed by atoms with Gasteiger partial charge in [0.15, 0.2) is 5.82 Å². The minimum absolute atomic E-state index is 0.280. The van der Waals surface area contributed by atoms with Gasteiger partial charge >= 0.3 is 0 Å². The molecule has 0 amide bonds. The van der Waals surface area contributed by atoms with Crippen LogP contribution in [0.25, 0.3) is 11.5 Å². The van der Waals surface area contributed by atoms with E-state index in [4.69, 9.17) is 11.6 Å². The molecule has 2 aromatic heterocycles. The molecule has 1 N–H and O–H groups in total. The standard InChI is InChI=1S/C16H12ClFN4/c1-10-8-11(18)5-6-12(10)20-15-9-14(17)21-16(22-15)13-4-2-3-7-19-13/h2-9H,1H3,(H,20,21,22). The van der Waals surface area contributed by atoms with Gasteiger partial charge in [-0.3, -0.25) is 4.98 Å². The highest BCUT2D eigenvalue weighted by molar-refractivity contribution is 6.29. The summed E-state index contributed by atoms with van der Waals surface area (Å²) in [5.74, 6) is 0.670. The summed E-state index contributed by atoms with van der Waals surface area (Å²) in [7, 11) is 0. The Bertz CT molecular complexity index is 808. The molecule has 0 saturated heterocycles. The molecule has 0 spiro atoms. The molecule has 0 aliphatic rings. The number of halogens is 2. The van der Waals surface area contributed by atoms with Crippen LogP contribution >= 0.6 is 11.6 Å².